The number of carboxylic acids is 1. The summed E-state index contributed by atoms with van der Waals surface area (Å²) in [6, 6.07) is 14.7. The van der Waals surface area contributed by atoms with Crippen molar-refractivity contribution in [2.45, 2.75) is 6.92 Å². The van der Waals surface area contributed by atoms with Crippen molar-refractivity contribution in [3.05, 3.63) is 66.0 Å². The molecule has 0 aliphatic carbocycles. The first kappa shape index (κ1) is 13.1. The minimum Gasteiger partial charge on any atom is -0.478 e. The van der Waals surface area contributed by atoms with Gasteiger partial charge in [0, 0.05) is 11.8 Å². The zero-order valence-corrected chi connectivity index (χ0v) is 11.4. The number of aryl methyl sites for hydroxylation is 1. The first-order valence-electron chi connectivity index (χ1n) is 6.47. The highest BCUT2D eigenvalue weighted by molar-refractivity contribution is 5.88. The maximum Gasteiger partial charge on any atom is 0.335 e. The van der Waals surface area contributed by atoms with Crippen LogP contribution in [-0.2, 0) is 0 Å². The molecule has 2 aromatic heterocycles. The number of rotatable bonds is 3. The van der Waals surface area contributed by atoms with Crippen LogP contribution in [-0.4, -0.2) is 25.8 Å². The van der Waals surface area contributed by atoms with Crippen LogP contribution >= 0.6 is 0 Å². The number of benzene rings is 1. The summed E-state index contributed by atoms with van der Waals surface area (Å²) in [6.07, 6.45) is 1.48. The van der Waals surface area contributed by atoms with E-state index in [4.69, 9.17) is 5.11 Å². The molecule has 0 bridgehead atoms. The summed E-state index contributed by atoms with van der Waals surface area (Å²) < 4.78 is 1.66. The molecule has 0 aliphatic heterocycles. The Hall–Kier alpha value is -2.95. The van der Waals surface area contributed by atoms with Gasteiger partial charge in [0.15, 0.2) is 5.82 Å². The van der Waals surface area contributed by atoms with E-state index in [1.165, 1.54) is 18.3 Å². The lowest BCUT2D eigenvalue weighted by Crippen LogP contribution is -2.05. The molecule has 0 spiro atoms. The van der Waals surface area contributed by atoms with E-state index in [0.29, 0.717) is 5.82 Å². The van der Waals surface area contributed by atoms with Crippen molar-refractivity contribution in [3.8, 4) is 17.1 Å². The van der Waals surface area contributed by atoms with Crippen LogP contribution in [0.1, 0.15) is 16.1 Å². The molecule has 2 heterocycles. The Morgan fingerprint density at radius 2 is 1.90 bits per heavy atom. The number of pyridine rings is 1. The number of aromatic nitrogens is 3. The second-order valence-electron chi connectivity index (χ2n) is 4.66. The van der Waals surface area contributed by atoms with E-state index in [-0.39, 0.29) is 5.56 Å². The molecule has 0 unspecified atom stereocenters. The molecular weight excluding hydrogens is 266 g/mol. The molecule has 3 rings (SSSR count). The number of nitrogens with zero attached hydrogens (tertiary/aromatic N) is 3. The molecule has 0 saturated heterocycles. The number of carboxylic acid groups (broad SMARTS) is 1. The molecule has 0 atom stereocenters. The largest absolute Gasteiger partial charge is 0.478 e. The Kier molecular flexibility index (Phi) is 3.23. The lowest BCUT2D eigenvalue weighted by Gasteiger charge is -2.07. The lowest BCUT2D eigenvalue weighted by molar-refractivity contribution is 0.0696. The molecule has 3 aromatic rings. The molecule has 0 amide bonds. The van der Waals surface area contributed by atoms with Gasteiger partial charge in [0.1, 0.15) is 0 Å². The van der Waals surface area contributed by atoms with Gasteiger partial charge in [-0.1, -0.05) is 30.3 Å². The van der Waals surface area contributed by atoms with E-state index >= 15 is 0 Å². The molecule has 5 nitrogen and oxygen atoms in total. The van der Waals surface area contributed by atoms with Crippen molar-refractivity contribution in [2.75, 3.05) is 0 Å². The third-order valence-electron chi connectivity index (χ3n) is 3.11. The predicted octanol–water partition coefficient (Wildman–Crippen LogP) is 2.94. The zero-order chi connectivity index (χ0) is 14.8. The summed E-state index contributed by atoms with van der Waals surface area (Å²) in [5.41, 5.74) is 2.91. The standard InChI is InChI=1S/C16H13N3O2/c1-11-9-14(12-5-3-2-4-6-12)19(18-11)15-10-13(16(20)21)7-8-17-15/h2-10H,1H3,(H,20,21). The van der Waals surface area contributed by atoms with Gasteiger partial charge in [0.25, 0.3) is 0 Å². The normalized spacial score (nSPS) is 10.5. The maximum absolute atomic E-state index is 11.1. The minimum absolute atomic E-state index is 0.187. The van der Waals surface area contributed by atoms with Crippen LogP contribution in [0.5, 0.6) is 0 Å². The number of carbonyl (C=O) groups is 1. The Morgan fingerprint density at radius 3 is 2.62 bits per heavy atom. The van der Waals surface area contributed by atoms with Crippen molar-refractivity contribution >= 4 is 5.97 Å². The van der Waals surface area contributed by atoms with Crippen LogP contribution in [0.15, 0.2) is 54.7 Å². The molecule has 104 valence electrons. The van der Waals surface area contributed by atoms with Crippen LogP contribution in [0.25, 0.3) is 17.1 Å². The summed E-state index contributed by atoms with van der Waals surface area (Å²) in [4.78, 5) is 15.3. The van der Waals surface area contributed by atoms with Gasteiger partial charge in [-0.05, 0) is 25.1 Å². The van der Waals surface area contributed by atoms with E-state index in [0.717, 1.165) is 17.0 Å². The predicted molar refractivity (Wildman–Crippen MR) is 78.5 cm³/mol. The van der Waals surface area contributed by atoms with E-state index in [9.17, 15) is 4.79 Å². The fraction of sp³-hybridized carbons (Fsp3) is 0.0625. The van der Waals surface area contributed by atoms with Crippen LogP contribution in [0.4, 0.5) is 0 Å². The van der Waals surface area contributed by atoms with Crippen LogP contribution in [0.3, 0.4) is 0 Å². The monoisotopic (exact) mass is 279 g/mol. The maximum atomic E-state index is 11.1. The zero-order valence-electron chi connectivity index (χ0n) is 11.4. The number of hydrogen-bond acceptors (Lipinski definition) is 3. The molecule has 1 aromatic carbocycles. The summed E-state index contributed by atoms with van der Waals surface area (Å²) in [5.74, 6) is -0.495. The summed E-state index contributed by atoms with van der Waals surface area (Å²) in [7, 11) is 0. The molecule has 21 heavy (non-hydrogen) atoms. The minimum atomic E-state index is -0.983. The molecular formula is C16H13N3O2. The van der Waals surface area contributed by atoms with Gasteiger partial charge >= 0.3 is 5.97 Å². The van der Waals surface area contributed by atoms with Crippen LogP contribution in [0.2, 0.25) is 0 Å². The quantitative estimate of drug-likeness (QED) is 0.800. The molecule has 0 radical (unpaired) electrons. The van der Waals surface area contributed by atoms with Crippen molar-refractivity contribution < 1.29 is 9.90 Å². The first-order valence-corrected chi connectivity index (χ1v) is 6.47. The molecule has 0 fully saturated rings. The average Bonchev–Trinajstić information content (AvgIpc) is 2.90. The summed E-state index contributed by atoms with van der Waals surface area (Å²) >= 11 is 0. The summed E-state index contributed by atoms with van der Waals surface area (Å²) in [6.45, 7) is 1.89. The number of aromatic carboxylic acids is 1. The number of hydrogen-bond donors (Lipinski definition) is 1. The van der Waals surface area contributed by atoms with Gasteiger partial charge < -0.3 is 5.11 Å². The topological polar surface area (TPSA) is 68.0 Å². The fourth-order valence-electron chi connectivity index (χ4n) is 2.16. The SMILES string of the molecule is Cc1cc(-c2ccccc2)n(-c2cc(C(=O)O)ccn2)n1. The second-order valence-corrected chi connectivity index (χ2v) is 4.66. The van der Waals surface area contributed by atoms with Gasteiger partial charge in [0.2, 0.25) is 0 Å². The fourth-order valence-corrected chi connectivity index (χ4v) is 2.16. The highest BCUT2D eigenvalue weighted by atomic mass is 16.4. The summed E-state index contributed by atoms with van der Waals surface area (Å²) in [5, 5.41) is 13.5. The van der Waals surface area contributed by atoms with Crippen molar-refractivity contribution in [1.82, 2.24) is 14.8 Å². The van der Waals surface area contributed by atoms with Crippen LogP contribution < -0.4 is 0 Å². The smallest absolute Gasteiger partial charge is 0.335 e. The van der Waals surface area contributed by atoms with E-state index in [2.05, 4.69) is 10.1 Å². The Balaban J connectivity index is 2.15. The molecule has 0 aliphatic rings. The van der Waals surface area contributed by atoms with Crippen molar-refractivity contribution in [1.29, 1.82) is 0 Å². The van der Waals surface area contributed by atoms with Gasteiger partial charge in [-0.25, -0.2) is 14.5 Å². The average molecular weight is 279 g/mol. The van der Waals surface area contributed by atoms with Gasteiger partial charge in [0.05, 0.1) is 17.0 Å². The molecule has 5 heteroatoms. The third-order valence-corrected chi connectivity index (χ3v) is 3.11. The second kappa shape index (κ2) is 5.20. The third kappa shape index (κ3) is 2.53. The Bertz CT molecular complexity index is 794. The van der Waals surface area contributed by atoms with E-state index in [1.807, 2.05) is 43.3 Å². The highest BCUT2D eigenvalue weighted by Crippen LogP contribution is 2.23. The van der Waals surface area contributed by atoms with E-state index < -0.39 is 5.97 Å². The van der Waals surface area contributed by atoms with E-state index in [1.54, 1.807) is 4.68 Å². The van der Waals surface area contributed by atoms with Gasteiger partial charge in [-0.3, -0.25) is 0 Å². The van der Waals surface area contributed by atoms with Crippen LogP contribution in [0, 0.1) is 6.92 Å². The lowest BCUT2D eigenvalue weighted by atomic mass is 10.1. The molecule has 1 N–H and O–H groups in total. The Labute approximate surface area is 121 Å². The van der Waals surface area contributed by atoms with Crippen molar-refractivity contribution in [2.24, 2.45) is 0 Å². The van der Waals surface area contributed by atoms with Crippen molar-refractivity contribution in [3.63, 3.8) is 0 Å². The molecule has 0 saturated carbocycles. The first-order chi connectivity index (χ1) is 10.1. The van der Waals surface area contributed by atoms with Gasteiger partial charge in [-0.15, -0.1) is 0 Å². The Morgan fingerprint density at radius 1 is 1.14 bits per heavy atom. The highest BCUT2D eigenvalue weighted by Gasteiger charge is 2.12. The van der Waals surface area contributed by atoms with Gasteiger partial charge in [-0.2, -0.15) is 5.10 Å².